The second-order valence-electron chi connectivity index (χ2n) is 8.74. The van der Waals surface area contributed by atoms with Gasteiger partial charge in [-0.25, -0.2) is 9.78 Å². The van der Waals surface area contributed by atoms with E-state index in [2.05, 4.69) is 44.2 Å². The Hall–Kier alpha value is -0.940. The van der Waals surface area contributed by atoms with Crippen LogP contribution in [0.3, 0.4) is 0 Å². The summed E-state index contributed by atoms with van der Waals surface area (Å²) in [7, 11) is 0. The maximum absolute atomic E-state index is 6.62. The summed E-state index contributed by atoms with van der Waals surface area (Å²) in [6, 6.07) is 10.6. The molecule has 136 valence electrons. The Bertz CT molecular complexity index is 649. The second-order valence-corrected chi connectivity index (χ2v) is 8.74. The molecular formula is C21H28O4. The third kappa shape index (κ3) is 2.21. The highest BCUT2D eigenvalue weighted by Crippen LogP contribution is 2.62. The number of fused-ring (bicyclic) bond motifs is 2. The van der Waals surface area contributed by atoms with Gasteiger partial charge in [-0.3, -0.25) is 0 Å². The molecule has 4 aliphatic heterocycles. The van der Waals surface area contributed by atoms with Gasteiger partial charge in [-0.2, -0.15) is 0 Å². The van der Waals surface area contributed by atoms with E-state index in [1.165, 1.54) is 12.0 Å². The zero-order chi connectivity index (χ0) is 17.2. The van der Waals surface area contributed by atoms with Gasteiger partial charge in [0, 0.05) is 12.3 Å². The molecule has 4 nitrogen and oxygen atoms in total. The fourth-order valence-corrected chi connectivity index (χ4v) is 5.93. The summed E-state index contributed by atoms with van der Waals surface area (Å²) in [4.78, 5) is 12.1. The fourth-order valence-electron chi connectivity index (χ4n) is 5.93. The van der Waals surface area contributed by atoms with E-state index in [0.717, 1.165) is 19.3 Å². The lowest BCUT2D eigenvalue weighted by molar-refractivity contribution is -0.571. The first-order valence-corrected chi connectivity index (χ1v) is 9.78. The summed E-state index contributed by atoms with van der Waals surface area (Å²) >= 11 is 0. The average Bonchev–Trinajstić information content (AvgIpc) is 2.85. The van der Waals surface area contributed by atoms with E-state index in [1.54, 1.807) is 0 Å². The summed E-state index contributed by atoms with van der Waals surface area (Å²) < 4.78 is 13.0. The zero-order valence-electron chi connectivity index (χ0n) is 15.3. The van der Waals surface area contributed by atoms with Crippen molar-refractivity contribution in [2.75, 3.05) is 0 Å². The summed E-state index contributed by atoms with van der Waals surface area (Å²) in [6.07, 6.45) is 4.02. The van der Waals surface area contributed by atoms with Gasteiger partial charge < -0.3 is 9.47 Å². The molecule has 4 heteroatoms. The van der Waals surface area contributed by atoms with E-state index in [4.69, 9.17) is 19.2 Å². The van der Waals surface area contributed by atoms with Crippen LogP contribution >= 0.6 is 0 Å². The van der Waals surface area contributed by atoms with Gasteiger partial charge in [0.05, 0.1) is 6.10 Å². The smallest absolute Gasteiger partial charge is 0.201 e. The minimum absolute atomic E-state index is 0.0439. The number of hydrogen-bond donors (Lipinski definition) is 0. The standard InChI is InChI=1S/C21H28O4/c1-13-9-10-17-14(2)18(15-7-5-4-6-8-15)22-19-21(17)16(13)11-12-20(3,23-19)24-25-21/h4-8,13-14,16-19H,9-12H2,1-3H3/t13-,14+,16-,17-,18-,19+,20+,21+/m0/s1. The van der Waals surface area contributed by atoms with Crippen LogP contribution in [0.4, 0.5) is 0 Å². The topological polar surface area (TPSA) is 36.9 Å². The van der Waals surface area contributed by atoms with E-state index in [-0.39, 0.29) is 12.4 Å². The van der Waals surface area contributed by atoms with Crippen molar-refractivity contribution in [2.45, 2.75) is 70.2 Å². The summed E-state index contributed by atoms with van der Waals surface area (Å²) in [5.41, 5.74) is 0.771. The van der Waals surface area contributed by atoms with Crippen molar-refractivity contribution in [2.24, 2.45) is 23.7 Å². The van der Waals surface area contributed by atoms with Crippen LogP contribution in [0.25, 0.3) is 0 Å². The van der Waals surface area contributed by atoms with Crippen LogP contribution in [0.5, 0.6) is 0 Å². The molecule has 25 heavy (non-hydrogen) atoms. The van der Waals surface area contributed by atoms with Gasteiger partial charge in [-0.1, -0.05) is 44.2 Å². The molecule has 5 fully saturated rings. The van der Waals surface area contributed by atoms with Gasteiger partial charge in [0.2, 0.25) is 5.79 Å². The van der Waals surface area contributed by atoms with Crippen molar-refractivity contribution in [3.8, 4) is 0 Å². The second kappa shape index (κ2) is 5.53. The molecule has 4 heterocycles. The minimum Gasteiger partial charge on any atom is -0.341 e. The minimum atomic E-state index is -0.695. The molecular weight excluding hydrogens is 316 g/mol. The monoisotopic (exact) mass is 344 g/mol. The van der Waals surface area contributed by atoms with E-state index in [9.17, 15) is 0 Å². The lowest BCUT2D eigenvalue weighted by Gasteiger charge is -2.60. The van der Waals surface area contributed by atoms with Crippen molar-refractivity contribution in [1.82, 2.24) is 0 Å². The molecule has 0 amide bonds. The van der Waals surface area contributed by atoms with Crippen molar-refractivity contribution >= 4 is 0 Å². The maximum Gasteiger partial charge on any atom is 0.201 e. The highest BCUT2D eigenvalue weighted by molar-refractivity contribution is 5.21. The maximum atomic E-state index is 6.62. The number of benzene rings is 1. The molecule has 0 radical (unpaired) electrons. The van der Waals surface area contributed by atoms with Crippen LogP contribution in [-0.4, -0.2) is 17.7 Å². The number of hydrogen-bond acceptors (Lipinski definition) is 4. The van der Waals surface area contributed by atoms with Crippen LogP contribution in [0.1, 0.15) is 58.1 Å². The zero-order valence-corrected chi connectivity index (χ0v) is 15.3. The molecule has 0 aromatic heterocycles. The van der Waals surface area contributed by atoms with Gasteiger partial charge >= 0.3 is 0 Å². The number of ether oxygens (including phenoxy) is 2. The highest BCUT2D eigenvalue weighted by Gasteiger charge is 2.69. The predicted octanol–water partition coefficient (Wildman–Crippen LogP) is 4.61. The van der Waals surface area contributed by atoms with Crippen molar-refractivity contribution in [3.63, 3.8) is 0 Å². The first kappa shape index (κ1) is 16.2. The Morgan fingerprint density at radius 2 is 1.76 bits per heavy atom. The summed E-state index contributed by atoms with van der Waals surface area (Å²) in [6.45, 7) is 6.64. The Balaban J connectivity index is 1.59. The molecule has 8 atom stereocenters. The van der Waals surface area contributed by atoms with E-state index in [0.29, 0.717) is 23.7 Å². The summed E-state index contributed by atoms with van der Waals surface area (Å²) in [5.74, 6) is 1.10. The van der Waals surface area contributed by atoms with E-state index >= 15 is 0 Å². The van der Waals surface area contributed by atoms with Gasteiger partial charge in [-0.15, -0.1) is 0 Å². The third-order valence-corrected chi connectivity index (χ3v) is 7.29. The first-order chi connectivity index (χ1) is 12.0. The van der Waals surface area contributed by atoms with Crippen molar-refractivity contribution < 1.29 is 19.2 Å². The molecule has 2 bridgehead atoms. The Labute approximate surface area is 149 Å². The molecule has 1 aliphatic carbocycles. The summed E-state index contributed by atoms with van der Waals surface area (Å²) in [5, 5.41) is 0. The van der Waals surface area contributed by atoms with Gasteiger partial charge in [0.1, 0.15) is 0 Å². The SMILES string of the molecule is C[C@H]1[C@@H](c2ccccc2)O[C@@H]2O[C@@]3(C)CC[C@H]4[C@@H](C)CC[C@@H]1[C@@]24OO3. The van der Waals surface area contributed by atoms with E-state index in [1.807, 2.05) is 6.92 Å². The molecule has 1 aromatic carbocycles. The lowest BCUT2D eigenvalue weighted by atomic mass is 9.57. The van der Waals surface area contributed by atoms with Crippen LogP contribution in [0.2, 0.25) is 0 Å². The molecule has 0 unspecified atom stereocenters. The molecule has 0 N–H and O–H groups in total. The van der Waals surface area contributed by atoms with Gasteiger partial charge in [0.15, 0.2) is 11.9 Å². The van der Waals surface area contributed by atoms with E-state index < -0.39 is 11.4 Å². The average molecular weight is 344 g/mol. The Kier molecular flexibility index (Phi) is 3.59. The highest BCUT2D eigenvalue weighted by atomic mass is 17.3. The molecule has 4 saturated heterocycles. The molecule has 1 spiro atoms. The Morgan fingerprint density at radius 1 is 0.960 bits per heavy atom. The molecule has 1 aromatic rings. The van der Waals surface area contributed by atoms with Gasteiger partial charge in [0.25, 0.3) is 0 Å². The largest absolute Gasteiger partial charge is 0.341 e. The lowest BCUT2D eigenvalue weighted by Crippen LogP contribution is -2.69. The van der Waals surface area contributed by atoms with Crippen LogP contribution in [0.15, 0.2) is 30.3 Å². The third-order valence-electron chi connectivity index (χ3n) is 7.29. The number of rotatable bonds is 1. The van der Waals surface area contributed by atoms with Gasteiger partial charge in [-0.05, 0) is 49.5 Å². The van der Waals surface area contributed by atoms with Crippen molar-refractivity contribution in [3.05, 3.63) is 35.9 Å². The Morgan fingerprint density at radius 3 is 2.56 bits per heavy atom. The normalized spacial score (nSPS) is 51.6. The molecule has 5 aliphatic rings. The van der Waals surface area contributed by atoms with Crippen LogP contribution < -0.4 is 0 Å². The predicted molar refractivity (Wildman–Crippen MR) is 92.2 cm³/mol. The molecule has 1 saturated carbocycles. The fraction of sp³-hybridized carbons (Fsp3) is 0.714. The quantitative estimate of drug-likeness (QED) is 0.697. The first-order valence-electron chi connectivity index (χ1n) is 9.78. The van der Waals surface area contributed by atoms with Crippen molar-refractivity contribution in [1.29, 1.82) is 0 Å². The van der Waals surface area contributed by atoms with Crippen LogP contribution in [-0.2, 0) is 19.2 Å². The van der Waals surface area contributed by atoms with Crippen LogP contribution in [0, 0.1) is 23.7 Å². The molecule has 6 rings (SSSR count).